The molecule has 4 nitrogen and oxygen atoms in total. The molecule has 5 heteroatoms. The van der Waals surface area contributed by atoms with E-state index in [1.165, 1.54) is 19.9 Å². The van der Waals surface area contributed by atoms with Gasteiger partial charge in [0, 0.05) is 4.91 Å². The first-order valence-electron chi connectivity index (χ1n) is 5.14. The van der Waals surface area contributed by atoms with Gasteiger partial charge in [0.2, 0.25) is 9.84 Å². The monoisotopic (exact) mass is 252 g/mol. The summed E-state index contributed by atoms with van der Waals surface area (Å²) in [7, 11) is -3.40. The summed E-state index contributed by atoms with van der Waals surface area (Å²) in [6.45, 7) is 3.07. The van der Waals surface area contributed by atoms with Gasteiger partial charge in [0.15, 0.2) is 0 Å². The van der Waals surface area contributed by atoms with Crippen LogP contribution in [-0.2, 0) is 14.6 Å². The summed E-state index contributed by atoms with van der Waals surface area (Å²) < 4.78 is 23.8. The third kappa shape index (κ3) is 1.76. The maximum Gasteiger partial charge on any atom is 0.310 e. The molecule has 90 valence electrons. The van der Waals surface area contributed by atoms with E-state index in [-0.39, 0.29) is 4.90 Å². The molecule has 1 aromatic rings. The fourth-order valence-corrected chi connectivity index (χ4v) is 3.14. The van der Waals surface area contributed by atoms with Crippen molar-refractivity contribution >= 4 is 21.9 Å². The van der Waals surface area contributed by atoms with Gasteiger partial charge in [0.05, 0.1) is 10.8 Å². The van der Waals surface area contributed by atoms with Crippen molar-refractivity contribution in [3.05, 3.63) is 34.2 Å². The summed E-state index contributed by atoms with van der Waals surface area (Å²) >= 11 is 0. The molecule has 1 atom stereocenters. The Morgan fingerprint density at radius 2 is 2.00 bits per heavy atom. The van der Waals surface area contributed by atoms with Crippen LogP contribution in [0.15, 0.2) is 28.0 Å². The maximum absolute atomic E-state index is 11.9. The number of rotatable bonds is 2. The van der Waals surface area contributed by atoms with Crippen molar-refractivity contribution in [3.8, 4) is 0 Å². The number of allylic oxidation sites excluding steroid dienone is 1. The first-order chi connectivity index (χ1) is 7.84. The van der Waals surface area contributed by atoms with Crippen molar-refractivity contribution < 1.29 is 18.3 Å². The van der Waals surface area contributed by atoms with E-state index in [2.05, 4.69) is 0 Å². The van der Waals surface area contributed by atoms with Crippen LogP contribution in [0, 0.1) is 0 Å². The molecule has 0 aliphatic carbocycles. The van der Waals surface area contributed by atoms with Crippen LogP contribution in [0.1, 0.15) is 30.9 Å². The van der Waals surface area contributed by atoms with Crippen molar-refractivity contribution in [1.29, 1.82) is 0 Å². The fourth-order valence-electron chi connectivity index (χ4n) is 1.78. The summed E-state index contributed by atoms with van der Waals surface area (Å²) in [5.74, 6) is -1.68. The van der Waals surface area contributed by atoms with Crippen LogP contribution in [0.2, 0.25) is 0 Å². The highest BCUT2D eigenvalue weighted by molar-refractivity contribution is 7.95. The fraction of sp³-hybridized carbons (Fsp3) is 0.250. The smallest absolute Gasteiger partial charge is 0.310 e. The van der Waals surface area contributed by atoms with Crippen LogP contribution < -0.4 is 0 Å². The lowest BCUT2D eigenvalue weighted by Crippen LogP contribution is -2.08. The van der Waals surface area contributed by atoms with Gasteiger partial charge < -0.3 is 5.11 Å². The van der Waals surface area contributed by atoms with Crippen molar-refractivity contribution in [3.63, 3.8) is 0 Å². The highest BCUT2D eigenvalue weighted by Gasteiger charge is 2.27. The first-order valence-corrected chi connectivity index (χ1v) is 6.62. The van der Waals surface area contributed by atoms with Crippen LogP contribution >= 0.6 is 0 Å². The van der Waals surface area contributed by atoms with Gasteiger partial charge in [-0.1, -0.05) is 12.1 Å². The standard InChI is InChI=1S/C12H12O4S/c1-7-5-10-4-3-9(8(2)12(13)14)6-11(10)17(7,15)16/h3-6,8H,1-2H3,(H,13,14). The van der Waals surface area contributed by atoms with E-state index < -0.39 is 21.7 Å². The van der Waals surface area contributed by atoms with E-state index >= 15 is 0 Å². The summed E-state index contributed by atoms with van der Waals surface area (Å²) in [5.41, 5.74) is 1.13. The minimum atomic E-state index is -3.40. The summed E-state index contributed by atoms with van der Waals surface area (Å²) in [4.78, 5) is 11.4. The van der Waals surface area contributed by atoms with E-state index in [1.807, 2.05) is 0 Å². The lowest BCUT2D eigenvalue weighted by Gasteiger charge is -2.08. The normalized spacial score (nSPS) is 18.4. The molecule has 0 spiro atoms. The predicted octanol–water partition coefficient (Wildman–Crippen LogP) is 2.02. The molecular formula is C12H12O4S. The Morgan fingerprint density at radius 1 is 1.35 bits per heavy atom. The Morgan fingerprint density at radius 3 is 2.59 bits per heavy atom. The van der Waals surface area contributed by atoms with Crippen LogP contribution in [0.3, 0.4) is 0 Å². The largest absolute Gasteiger partial charge is 0.481 e. The Hall–Kier alpha value is -1.62. The first kappa shape index (κ1) is 11.9. The Labute approximate surface area is 99.5 Å². The summed E-state index contributed by atoms with van der Waals surface area (Å²) in [6.07, 6.45) is 1.60. The molecule has 0 aromatic heterocycles. The average Bonchev–Trinajstić information content (AvgIpc) is 2.49. The molecule has 1 heterocycles. The van der Waals surface area contributed by atoms with Crippen molar-refractivity contribution in [2.45, 2.75) is 24.7 Å². The zero-order valence-electron chi connectivity index (χ0n) is 9.47. The van der Waals surface area contributed by atoms with Gasteiger partial charge in [-0.05, 0) is 37.1 Å². The topological polar surface area (TPSA) is 71.4 Å². The van der Waals surface area contributed by atoms with E-state index in [0.717, 1.165) is 0 Å². The number of hydrogen-bond acceptors (Lipinski definition) is 3. The highest BCUT2D eigenvalue weighted by atomic mass is 32.2. The van der Waals surface area contributed by atoms with Crippen molar-refractivity contribution in [2.75, 3.05) is 0 Å². The number of aliphatic carboxylic acids is 1. The lowest BCUT2D eigenvalue weighted by molar-refractivity contribution is -0.138. The second-order valence-electron chi connectivity index (χ2n) is 4.12. The molecule has 0 saturated heterocycles. The molecule has 2 rings (SSSR count). The van der Waals surface area contributed by atoms with E-state index in [9.17, 15) is 13.2 Å². The molecule has 0 radical (unpaired) electrons. The van der Waals surface area contributed by atoms with Gasteiger partial charge in [-0.2, -0.15) is 0 Å². The van der Waals surface area contributed by atoms with Gasteiger partial charge in [0.1, 0.15) is 0 Å². The van der Waals surface area contributed by atoms with Crippen molar-refractivity contribution in [1.82, 2.24) is 0 Å². The number of sulfone groups is 1. The zero-order chi connectivity index (χ0) is 12.8. The Bertz CT molecular complexity index is 626. The van der Waals surface area contributed by atoms with Gasteiger partial charge in [-0.15, -0.1) is 0 Å². The van der Waals surface area contributed by atoms with Crippen LogP contribution in [0.4, 0.5) is 0 Å². The Kier molecular flexibility index (Phi) is 2.58. The molecule has 1 N–H and O–H groups in total. The van der Waals surface area contributed by atoms with Crippen molar-refractivity contribution in [2.24, 2.45) is 0 Å². The number of benzene rings is 1. The molecule has 1 aliphatic rings. The molecule has 1 unspecified atom stereocenters. The zero-order valence-corrected chi connectivity index (χ0v) is 10.3. The van der Waals surface area contributed by atoms with E-state index in [0.29, 0.717) is 16.0 Å². The van der Waals surface area contributed by atoms with E-state index in [1.54, 1.807) is 18.2 Å². The van der Waals surface area contributed by atoms with Gasteiger partial charge in [-0.25, -0.2) is 8.42 Å². The minimum Gasteiger partial charge on any atom is -0.481 e. The number of fused-ring (bicyclic) bond motifs is 1. The highest BCUT2D eigenvalue weighted by Crippen LogP contribution is 2.34. The molecule has 0 saturated carbocycles. The van der Waals surface area contributed by atoms with Gasteiger partial charge in [0.25, 0.3) is 0 Å². The van der Waals surface area contributed by atoms with Crippen LogP contribution in [0.25, 0.3) is 6.08 Å². The second kappa shape index (κ2) is 3.70. The number of carboxylic acids is 1. The molecule has 1 aliphatic heterocycles. The molecular weight excluding hydrogens is 240 g/mol. The lowest BCUT2D eigenvalue weighted by atomic mass is 10.00. The minimum absolute atomic E-state index is 0.209. The third-order valence-corrected chi connectivity index (χ3v) is 4.88. The Balaban J connectivity index is 2.57. The molecule has 0 bridgehead atoms. The van der Waals surface area contributed by atoms with Gasteiger partial charge in [-0.3, -0.25) is 4.79 Å². The third-order valence-electron chi connectivity index (χ3n) is 2.98. The maximum atomic E-state index is 11.9. The molecule has 0 amide bonds. The summed E-state index contributed by atoms with van der Waals surface area (Å²) in [6, 6.07) is 4.76. The van der Waals surface area contributed by atoms with Crippen LogP contribution in [-0.4, -0.2) is 19.5 Å². The number of carbonyl (C=O) groups is 1. The molecule has 1 aromatic carbocycles. The quantitative estimate of drug-likeness (QED) is 0.874. The van der Waals surface area contributed by atoms with Gasteiger partial charge >= 0.3 is 5.97 Å². The number of hydrogen-bond donors (Lipinski definition) is 1. The molecule has 17 heavy (non-hydrogen) atoms. The average molecular weight is 252 g/mol. The van der Waals surface area contributed by atoms with E-state index in [4.69, 9.17) is 5.11 Å². The summed E-state index contributed by atoms with van der Waals surface area (Å²) in [5, 5.41) is 8.90. The second-order valence-corrected chi connectivity index (χ2v) is 6.21. The van der Waals surface area contributed by atoms with Crippen LogP contribution in [0.5, 0.6) is 0 Å². The SMILES string of the molecule is CC1=Cc2ccc(C(C)C(=O)O)cc2S1(=O)=O. The molecule has 0 fully saturated rings. The number of carboxylic acid groups (broad SMARTS) is 1. The predicted molar refractivity (Wildman–Crippen MR) is 63.3 cm³/mol.